The van der Waals surface area contributed by atoms with E-state index in [1.807, 2.05) is 0 Å². The highest BCUT2D eigenvalue weighted by Gasteiger charge is 2.11. The van der Waals surface area contributed by atoms with E-state index in [9.17, 15) is 4.39 Å². The van der Waals surface area contributed by atoms with Crippen LogP contribution in [0.5, 0.6) is 5.75 Å². The van der Waals surface area contributed by atoms with Crippen molar-refractivity contribution in [2.24, 2.45) is 0 Å². The second-order valence-electron chi connectivity index (χ2n) is 4.03. The molecule has 0 N–H and O–H groups in total. The van der Waals surface area contributed by atoms with E-state index in [0.29, 0.717) is 31.7 Å². The zero-order valence-corrected chi connectivity index (χ0v) is 14.0. The fraction of sp³-hybridized carbons (Fsp3) is 0.143. The molecule has 0 unspecified atom stereocenters. The molecule has 1 nitrogen and oxygen atoms in total. The average molecular weight is 398 g/mol. The van der Waals surface area contributed by atoms with Crippen LogP contribution >= 0.6 is 50.7 Å². The van der Waals surface area contributed by atoms with Crippen molar-refractivity contribution in [3.8, 4) is 5.75 Å². The number of hydrogen-bond acceptors (Lipinski definition) is 1. The van der Waals surface area contributed by atoms with E-state index in [1.54, 1.807) is 18.2 Å². The standard InChI is InChI=1S/C14H9BrCl3FO/c15-6-9-3-10(16)4-13(18)14(9)20-7-8-1-2-11(19)5-12(8)17/h1-5H,6-7H2. The van der Waals surface area contributed by atoms with Gasteiger partial charge in [0.25, 0.3) is 0 Å². The fourth-order valence-corrected chi connectivity index (χ4v) is 2.89. The first-order valence-corrected chi connectivity index (χ1v) is 7.87. The fourth-order valence-electron chi connectivity index (χ4n) is 1.66. The van der Waals surface area contributed by atoms with Crippen molar-refractivity contribution in [2.75, 3.05) is 0 Å². The Bertz CT molecular complexity index is 634. The molecule has 0 saturated carbocycles. The van der Waals surface area contributed by atoms with Crippen LogP contribution in [0, 0.1) is 5.82 Å². The second-order valence-corrected chi connectivity index (χ2v) is 5.85. The summed E-state index contributed by atoms with van der Waals surface area (Å²) >= 11 is 21.4. The molecule has 0 atom stereocenters. The Morgan fingerprint density at radius 3 is 2.40 bits per heavy atom. The second kappa shape index (κ2) is 6.99. The molecule has 0 amide bonds. The Kier molecular flexibility index (Phi) is 5.56. The summed E-state index contributed by atoms with van der Waals surface area (Å²) in [6.07, 6.45) is 0. The summed E-state index contributed by atoms with van der Waals surface area (Å²) in [6.45, 7) is 0.195. The molecule has 0 fully saturated rings. The van der Waals surface area contributed by atoms with Gasteiger partial charge in [0.2, 0.25) is 0 Å². The van der Waals surface area contributed by atoms with Crippen molar-refractivity contribution < 1.29 is 9.13 Å². The number of alkyl halides is 1. The van der Waals surface area contributed by atoms with Gasteiger partial charge >= 0.3 is 0 Å². The van der Waals surface area contributed by atoms with Crippen LogP contribution in [0.4, 0.5) is 4.39 Å². The minimum absolute atomic E-state index is 0.195. The molecule has 0 radical (unpaired) electrons. The van der Waals surface area contributed by atoms with Crippen LogP contribution in [0.3, 0.4) is 0 Å². The average Bonchev–Trinajstić information content (AvgIpc) is 2.38. The van der Waals surface area contributed by atoms with Gasteiger partial charge in [0, 0.05) is 21.5 Å². The van der Waals surface area contributed by atoms with E-state index in [1.165, 1.54) is 12.1 Å². The van der Waals surface area contributed by atoms with Crippen molar-refractivity contribution in [3.63, 3.8) is 0 Å². The van der Waals surface area contributed by atoms with Crippen LogP contribution in [0.1, 0.15) is 11.1 Å². The summed E-state index contributed by atoms with van der Waals surface area (Å²) in [5.74, 6) is 0.151. The van der Waals surface area contributed by atoms with Crippen LogP contribution in [0.2, 0.25) is 15.1 Å². The minimum atomic E-state index is -0.385. The van der Waals surface area contributed by atoms with E-state index in [0.717, 1.165) is 5.56 Å². The van der Waals surface area contributed by atoms with Gasteiger partial charge in [-0.25, -0.2) is 4.39 Å². The maximum atomic E-state index is 13.0. The smallest absolute Gasteiger partial charge is 0.142 e. The lowest BCUT2D eigenvalue weighted by atomic mass is 10.2. The Hall–Kier alpha value is -0.480. The zero-order valence-electron chi connectivity index (χ0n) is 10.1. The predicted molar refractivity (Wildman–Crippen MR) is 84.8 cm³/mol. The molecular weight excluding hydrogens is 389 g/mol. The molecule has 0 aromatic heterocycles. The first-order chi connectivity index (χ1) is 9.51. The molecule has 0 aliphatic carbocycles. The van der Waals surface area contributed by atoms with Gasteiger partial charge in [-0.2, -0.15) is 0 Å². The summed E-state index contributed by atoms with van der Waals surface area (Å²) in [5.41, 5.74) is 1.51. The third-order valence-electron chi connectivity index (χ3n) is 2.62. The maximum Gasteiger partial charge on any atom is 0.142 e. The Labute approximate surface area is 139 Å². The quantitative estimate of drug-likeness (QED) is 0.552. The van der Waals surface area contributed by atoms with Gasteiger partial charge in [-0.3, -0.25) is 0 Å². The van der Waals surface area contributed by atoms with Gasteiger partial charge in [0.05, 0.1) is 10.0 Å². The lowest BCUT2D eigenvalue weighted by Crippen LogP contribution is -2.00. The predicted octanol–water partition coefficient (Wildman–Crippen LogP) is 6.26. The topological polar surface area (TPSA) is 9.23 Å². The first kappa shape index (κ1) is 15.9. The van der Waals surface area contributed by atoms with Crippen molar-refractivity contribution >= 4 is 50.7 Å². The van der Waals surface area contributed by atoms with Crippen LogP contribution < -0.4 is 4.74 Å². The number of benzene rings is 2. The van der Waals surface area contributed by atoms with Crippen molar-refractivity contribution in [1.29, 1.82) is 0 Å². The maximum absolute atomic E-state index is 13.0. The lowest BCUT2D eigenvalue weighted by molar-refractivity contribution is 0.304. The lowest BCUT2D eigenvalue weighted by Gasteiger charge is -2.13. The highest BCUT2D eigenvalue weighted by Crippen LogP contribution is 2.34. The van der Waals surface area contributed by atoms with Crippen LogP contribution in [0.15, 0.2) is 30.3 Å². The molecule has 0 aliphatic rings. The normalized spacial score (nSPS) is 10.7. The van der Waals surface area contributed by atoms with Crippen molar-refractivity contribution in [3.05, 3.63) is 62.3 Å². The number of hydrogen-bond donors (Lipinski definition) is 0. The molecule has 0 spiro atoms. The SMILES string of the molecule is Fc1ccc(COc2c(Cl)cc(Cl)cc2CBr)c(Cl)c1. The summed E-state index contributed by atoms with van der Waals surface area (Å²) in [4.78, 5) is 0. The molecule has 2 rings (SSSR count). The zero-order chi connectivity index (χ0) is 14.7. The van der Waals surface area contributed by atoms with E-state index < -0.39 is 0 Å². The molecule has 0 saturated heterocycles. The van der Waals surface area contributed by atoms with Crippen LogP contribution in [-0.4, -0.2) is 0 Å². The van der Waals surface area contributed by atoms with Crippen molar-refractivity contribution in [1.82, 2.24) is 0 Å². The van der Waals surface area contributed by atoms with Gasteiger partial charge in [0.15, 0.2) is 0 Å². The molecule has 0 aliphatic heterocycles. The Balaban J connectivity index is 2.22. The van der Waals surface area contributed by atoms with Crippen LogP contribution in [0.25, 0.3) is 0 Å². The van der Waals surface area contributed by atoms with Gasteiger partial charge in [-0.05, 0) is 24.3 Å². The van der Waals surface area contributed by atoms with E-state index in [2.05, 4.69) is 15.9 Å². The Morgan fingerprint density at radius 1 is 1.00 bits per heavy atom. The van der Waals surface area contributed by atoms with Crippen molar-refractivity contribution in [2.45, 2.75) is 11.9 Å². The molecule has 0 heterocycles. The Morgan fingerprint density at radius 2 is 1.75 bits per heavy atom. The summed E-state index contributed by atoms with van der Waals surface area (Å²) in [7, 11) is 0. The number of rotatable bonds is 4. The highest BCUT2D eigenvalue weighted by atomic mass is 79.9. The van der Waals surface area contributed by atoms with Gasteiger partial charge in [-0.15, -0.1) is 0 Å². The minimum Gasteiger partial charge on any atom is -0.487 e. The third kappa shape index (κ3) is 3.79. The van der Waals surface area contributed by atoms with E-state index in [4.69, 9.17) is 39.5 Å². The van der Waals surface area contributed by atoms with Gasteiger partial charge in [-0.1, -0.05) is 56.8 Å². The molecule has 106 valence electrons. The largest absolute Gasteiger partial charge is 0.487 e. The summed E-state index contributed by atoms with van der Waals surface area (Å²) in [6, 6.07) is 7.53. The first-order valence-electron chi connectivity index (χ1n) is 5.62. The van der Waals surface area contributed by atoms with E-state index in [-0.39, 0.29) is 12.4 Å². The molecule has 6 heteroatoms. The molecule has 20 heavy (non-hydrogen) atoms. The summed E-state index contributed by atoms with van der Waals surface area (Å²) < 4.78 is 18.7. The van der Waals surface area contributed by atoms with Crippen LogP contribution in [-0.2, 0) is 11.9 Å². The third-order valence-corrected chi connectivity index (χ3v) is 4.07. The molecular formula is C14H9BrCl3FO. The van der Waals surface area contributed by atoms with Gasteiger partial charge < -0.3 is 4.74 Å². The van der Waals surface area contributed by atoms with E-state index >= 15 is 0 Å². The molecule has 2 aromatic carbocycles. The summed E-state index contributed by atoms with van der Waals surface area (Å²) in [5, 5.41) is 1.83. The number of halogens is 5. The molecule has 0 bridgehead atoms. The molecule has 2 aromatic rings. The highest BCUT2D eigenvalue weighted by molar-refractivity contribution is 9.08. The van der Waals surface area contributed by atoms with Gasteiger partial charge in [0.1, 0.15) is 18.2 Å². The monoisotopic (exact) mass is 396 g/mol. The number of ether oxygens (including phenoxy) is 1.